The summed E-state index contributed by atoms with van der Waals surface area (Å²) >= 11 is 6.14. The Hall–Kier alpha value is -2.87. The van der Waals surface area contributed by atoms with Crippen LogP contribution < -0.4 is 4.90 Å². The van der Waals surface area contributed by atoms with Crippen LogP contribution in [0, 0.1) is 11.8 Å². The van der Waals surface area contributed by atoms with E-state index >= 15 is 0 Å². The van der Waals surface area contributed by atoms with Crippen molar-refractivity contribution in [3.8, 4) is 0 Å². The van der Waals surface area contributed by atoms with Gasteiger partial charge in [-0.1, -0.05) is 30.2 Å². The summed E-state index contributed by atoms with van der Waals surface area (Å²) in [6.45, 7) is 0. The summed E-state index contributed by atoms with van der Waals surface area (Å²) in [4.78, 5) is 41.5. The molecule has 0 N–H and O–H groups in total. The number of rotatable bonds is 3. The summed E-state index contributed by atoms with van der Waals surface area (Å²) in [6, 6.07) is 5.84. The van der Waals surface area contributed by atoms with Gasteiger partial charge in [-0.15, -0.1) is 0 Å². The SMILES string of the molecule is O=C(OC1CCCCC1)c1nc(F)c(F)c(N2C(=O)c3ccccc3C2=O)c1Cl. The maximum absolute atomic E-state index is 14.6. The average Bonchev–Trinajstić information content (AvgIpc) is 2.97. The molecule has 0 radical (unpaired) electrons. The number of ether oxygens (including phenoxy) is 1. The van der Waals surface area contributed by atoms with E-state index in [1.54, 1.807) is 0 Å². The summed E-state index contributed by atoms with van der Waals surface area (Å²) in [5.41, 5.74) is -1.48. The van der Waals surface area contributed by atoms with E-state index in [9.17, 15) is 23.2 Å². The molecule has 1 aliphatic heterocycles. The molecule has 1 saturated carbocycles. The van der Waals surface area contributed by atoms with Crippen molar-refractivity contribution in [2.24, 2.45) is 0 Å². The number of nitrogens with zero attached hydrogens (tertiary/aromatic N) is 2. The number of hydrogen-bond donors (Lipinski definition) is 0. The van der Waals surface area contributed by atoms with Crippen LogP contribution >= 0.6 is 11.6 Å². The third-order valence-electron chi connectivity index (χ3n) is 5.05. The quantitative estimate of drug-likeness (QED) is 0.420. The zero-order valence-corrected chi connectivity index (χ0v) is 15.8. The second-order valence-corrected chi connectivity index (χ2v) is 7.26. The van der Waals surface area contributed by atoms with Crippen LogP contribution in [0.15, 0.2) is 24.3 Å². The lowest BCUT2D eigenvalue weighted by Crippen LogP contribution is -2.32. The minimum absolute atomic E-state index is 0.0246. The minimum atomic E-state index is -1.66. The summed E-state index contributed by atoms with van der Waals surface area (Å²) < 4.78 is 34.1. The number of fused-ring (bicyclic) bond motifs is 1. The summed E-state index contributed by atoms with van der Waals surface area (Å²) in [7, 11) is 0. The van der Waals surface area contributed by atoms with Crippen molar-refractivity contribution >= 4 is 35.1 Å². The van der Waals surface area contributed by atoms with E-state index in [-0.39, 0.29) is 17.2 Å². The first-order chi connectivity index (χ1) is 13.9. The van der Waals surface area contributed by atoms with Crippen molar-refractivity contribution in [2.75, 3.05) is 4.90 Å². The molecule has 29 heavy (non-hydrogen) atoms. The lowest BCUT2D eigenvalue weighted by molar-refractivity contribution is 0.0203. The molecular weight excluding hydrogens is 406 g/mol. The number of aromatic nitrogens is 1. The van der Waals surface area contributed by atoms with Crippen molar-refractivity contribution in [3.05, 3.63) is 57.9 Å². The van der Waals surface area contributed by atoms with E-state index in [0.29, 0.717) is 17.7 Å². The van der Waals surface area contributed by atoms with Crippen LogP contribution in [0.1, 0.15) is 63.3 Å². The lowest BCUT2D eigenvalue weighted by atomic mass is 9.98. The number of benzene rings is 1. The molecule has 9 heteroatoms. The van der Waals surface area contributed by atoms with Crippen LogP contribution in [0.3, 0.4) is 0 Å². The number of anilines is 1. The molecule has 0 bridgehead atoms. The van der Waals surface area contributed by atoms with Gasteiger partial charge in [-0.25, -0.2) is 14.7 Å². The molecule has 0 unspecified atom stereocenters. The van der Waals surface area contributed by atoms with Gasteiger partial charge < -0.3 is 4.74 Å². The van der Waals surface area contributed by atoms with Gasteiger partial charge >= 0.3 is 5.97 Å². The first-order valence-electron chi connectivity index (χ1n) is 9.13. The number of pyridine rings is 1. The number of halogens is 3. The first kappa shape index (κ1) is 19.4. The molecule has 1 aliphatic carbocycles. The standard InChI is InChI=1S/C20H15ClF2N2O4/c21-13-15(20(28)29-10-6-2-1-3-7-10)24-17(23)14(22)16(13)25-18(26)11-8-4-5-9-12(11)19(25)27/h4-5,8-10H,1-3,6-7H2. The van der Waals surface area contributed by atoms with Gasteiger partial charge in [0.2, 0.25) is 5.82 Å². The first-order valence-corrected chi connectivity index (χ1v) is 9.51. The average molecular weight is 421 g/mol. The number of carbonyl (C=O) groups is 3. The maximum atomic E-state index is 14.6. The number of esters is 1. The van der Waals surface area contributed by atoms with E-state index in [0.717, 1.165) is 19.3 Å². The minimum Gasteiger partial charge on any atom is -0.458 e. The topological polar surface area (TPSA) is 76.6 Å². The van der Waals surface area contributed by atoms with Gasteiger partial charge in [-0.05, 0) is 37.8 Å². The van der Waals surface area contributed by atoms with Crippen LogP contribution in [0.25, 0.3) is 0 Å². The Morgan fingerprint density at radius 3 is 2.24 bits per heavy atom. The highest BCUT2D eigenvalue weighted by Crippen LogP contribution is 2.38. The fourth-order valence-electron chi connectivity index (χ4n) is 3.62. The van der Waals surface area contributed by atoms with Crippen molar-refractivity contribution in [2.45, 2.75) is 38.2 Å². The summed E-state index contributed by atoms with van der Waals surface area (Å²) in [5.74, 6) is -6.03. The lowest BCUT2D eigenvalue weighted by Gasteiger charge is -2.22. The van der Waals surface area contributed by atoms with E-state index in [2.05, 4.69) is 4.98 Å². The van der Waals surface area contributed by atoms with Gasteiger partial charge in [-0.2, -0.15) is 8.78 Å². The largest absolute Gasteiger partial charge is 0.458 e. The third kappa shape index (κ3) is 3.27. The molecule has 1 aromatic carbocycles. The van der Waals surface area contributed by atoms with Crippen molar-refractivity contribution in [3.63, 3.8) is 0 Å². The molecule has 2 aromatic rings. The highest BCUT2D eigenvalue weighted by molar-refractivity contribution is 6.41. The molecule has 150 valence electrons. The molecular formula is C20H15ClF2N2O4. The van der Waals surface area contributed by atoms with Gasteiger partial charge in [0, 0.05) is 0 Å². The smallest absolute Gasteiger partial charge is 0.358 e. The number of imide groups is 1. The van der Waals surface area contributed by atoms with Crippen molar-refractivity contribution in [1.82, 2.24) is 4.98 Å². The van der Waals surface area contributed by atoms with Crippen LogP contribution in [0.2, 0.25) is 5.02 Å². The molecule has 0 atom stereocenters. The van der Waals surface area contributed by atoms with E-state index in [1.807, 2.05) is 0 Å². The van der Waals surface area contributed by atoms with Gasteiger partial charge in [0.05, 0.1) is 11.1 Å². The normalized spacial score (nSPS) is 16.9. The molecule has 0 saturated heterocycles. The Morgan fingerprint density at radius 2 is 1.66 bits per heavy atom. The molecule has 2 amide bonds. The van der Waals surface area contributed by atoms with Crippen molar-refractivity contribution < 1.29 is 27.9 Å². The molecule has 2 heterocycles. The molecule has 6 nitrogen and oxygen atoms in total. The molecule has 0 spiro atoms. The van der Waals surface area contributed by atoms with Crippen molar-refractivity contribution in [1.29, 1.82) is 0 Å². The predicted octanol–water partition coefficient (Wildman–Crippen LogP) is 4.30. The Balaban J connectivity index is 1.74. The monoisotopic (exact) mass is 420 g/mol. The summed E-state index contributed by atoms with van der Waals surface area (Å²) in [5, 5.41) is -0.654. The highest BCUT2D eigenvalue weighted by Gasteiger charge is 2.41. The number of hydrogen-bond acceptors (Lipinski definition) is 5. The third-order valence-corrected chi connectivity index (χ3v) is 5.41. The van der Waals surface area contributed by atoms with Crippen LogP contribution in [0.4, 0.5) is 14.5 Å². The second-order valence-electron chi connectivity index (χ2n) is 6.88. The van der Waals surface area contributed by atoms with Gasteiger partial charge in [0.25, 0.3) is 17.8 Å². The molecule has 1 aromatic heterocycles. The van der Waals surface area contributed by atoms with E-state index in [4.69, 9.17) is 16.3 Å². The Kier molecular flexibility index (Phi) is 5.04. The molecule has 2 aliphatic rings. The van der Waals surface area contributed by atoms with Crippen LogP contribution in [-0.2, 0) is 4.74 Å². The second kappa shape index (κ2) is 7.51. The number of carbonyl (C=O) groups excluding carboxylic acids is 3. The Labute approximate surface area is 169 Å². The maximum Gasteiger partial charge on any atom is 0.358 e. The summed E-state index contributed by atoms with van der Waals surface area (Å²) in [6.07, 6.45) is 3.73. The Morgan fingerprint density at radius 1 is 1.07 bits per heavy atom. The van der Waals surface area contributed by atoms with Gasteiger partial charge in [-0.3, -0.25) is 9.59 Å². The Bertz CT molecular complexity index is 1000. The van der Waals surface area contributed by atoms with E-state index in [1.165, 1.54) is 24.3 Å². The fourth-order valence-corrected chi connectivity index (χ4v) is 3.90. The van der Waals surface area contributed by atoms with Gasteiger partial charge in [0.15, 0.2) is 5.69 Å². The van der Waals surface area contributed by atoms with E-state index < -0.39 is 46.0 Å². The fraction of sp³-hybridized carbons (Fsp3) is 0.300. The molecule has 1 fully saturated rings. The predicted molar refractivity (Wildman–Crippen MR) is 99.0 cm³/mol. The van der Waals surface area contributed by atoms with Gasteiger partial charge in [0.1, 0.15) is 16.8 Å². The number of amides is 2. The zero-order valence-electron chi connectivity index (χ0n) is 15.1. The highest BCUT2D eigenvalue weighted by atomic mass is 35.5. The molecule has 4 rings (SSSR count). The van der Waals surface area contributed by atoms with Crippen LogP contribution in [0.5, 0.6) is 0 Å². The zero-order chi connectivity index (χ0) is 20.7. The van der Waals surface area contributed by atoms with Crippen LogP contribution in [-0.4, -0.2) is 28.9 Å².